The van der Waals surface area contributed by atoms with E-state index in [1.165, 1.54) is 0 Å². The molecule has 0 saturated carbocycles. The smallest absolute Gasteiger partial charge is 0.331 e. The molecule has 0 heterocycles. The highest BCUT2D eigenvalue weighted by Crippen LogP contribution is 2.19. The van der Waals surface area contributed by atoms with Crippen molar-refractivity contribution in [2.75, 3.05) is 0 Å². The first kappa shape index (κ1) is 25.1. The molecular weight excluding hydrogens is 382 g/mol. The van der Waals surface area contributed by atoms with Gasteiger partial charge in [-0.05, 0) is 19.3 Å². The van der Waals surface area contributed by atoms with Crippen molar-refractivity contribution in [2.45, 2.75) is 55.6 Å². The van der Waals surface area contributed by atoms with Gasteiger partial charge in [-0.15, -0.1) is 0 Å². The van der Waals surface area contributed by atoms with Crippen LogP contribution in [-0.4, -0.2) is 73.0 Å². The van der Waals surface area contributed by atoms with Crippen molar-refractivity contribution in [1.82, 2.24) is 0 Å². The third kappa shape index (κ3) is 6.37. The molecule has 0 aliphatic carbocycles. The van der Waals surface area contributed by atoms with E-state index in [2.05, 4.69) is 0 Å². The number of rotatable bonds is 14. The molecule has 158 valence electrons. The number of Topliss-reactive ketones (excluding diaryl/α,β-unsaturated/α-hetero) is 2. The monoisotopic (exact) mass is 405 g/mol. The standard InChI is InChI=1S/C15H23N3O10/c16-7(11(24)15(18,13(27)28)6-4-10(22)23)1-2-8(19)14(17,12(25)26)5-3-9(20)21/h7H,1-6,16-18H2,(H,20,21)(H,22,23)(H,25,26)(H,27,28)/t7?,14-,15-/m1/s1. The number of carboxylic acids is 4. The van der Waals surface area contributed by atoms with Crippen molar-refractivity contribution < 1.29 is 49.2 Å². The second-order valence-corrected chi connectivity index (χ2v) is 6.27. The number of hydrogen-bond donors (Lipinski definition) is 7. The Morgan fingerprint density at radius 3 is 1.46 bits per heavy atom. The number of aliphatic carboxylic acids is 4. The van der Waals surface area contributed by atoms with Crippen molar-refractivity contribution in [1.29, 1.82) is 0 Å². The molecule has 0 aliphatic rings. The summed E-state index contributed by atoms with van der Waals surface area (Å²) in [4.78, 5) is 68.2. The molecule has 0 bridgehead atoms. The second kappa shape index (κ2) is 9.87. The van der Waals surface area contributed by atoms with E-state index >= 15 is 0 Å². The first-order valence-electron chi connectivity index (χ1n) is 7.99. The van der Waals surface area contributed by atoms with E-state index in [4.69, 9.17) is 37.6 Å². The fourth-order valence-electron chi connectivity index (χ4n) is 2.28. The maximum atomic E-state index is 12.3. The molecule has 0 aromatic rings. The molecule has 13 heteroatoms. The SMILES string of the molecule is NC(CCC(=O)[C@](N)(CCC(=O)O)C(=O)O)C(=O)[C@](N)(CCC(=O)O)C(=O)O. The highest BCUT2D eigenvalue weighted by atomic mass is 16.4. The molecule has 0 rings (SSSR count). The minimum Gasteiger partial charge on any atom is -0.481 e. The topological polar surface area (TPSA) is 261 Å². The molecule has 0 radical (unpaired) electrons. The van der Waals surface area contributed by atoms with Gasteiger partial charge in [-0.2, -0.15) is 0 Å². The molecule has 10 N–H and O–H groups in total. The van der Waals surface area contributed by atoms with Crippen LogP contribution in [0.25, 0.3) is 0 Å². The highest BCUT2D eigenvalue weighted by Gasteiger charge is 2.46. The van der Waals surface area contributed by atoms with Gasteiger partial charge in [0.2, 0.25) is 0 Å². The van der Waals surface area contributed by atoms with Crippen molar-refractivity contribution in [3.8, 4) is 0 Å². The number of nitrogens with two attached hydrogens (primary N) is 3. The minimum atomic E-state index is -2.60. The Balaban J connectivity index is 5.20. The predicted octanol–water partition coefficient (Wildman–Crippen LogP) is -2.47. The van der Waals surface area contributed by atoms with Crippen molar-refractivity contribution in [3.63, 3.8) is 0 Å². The van der Waals surface area contributed by atoms with Gasteiger partial charge in [0.1, 0.15) is 0 Å². The summed E-state index contributed by atoms with van der Waals surface area (Å²) in [5.74, 6) is -8.67. The van der Waals surface area contributed by atoms with Crippen LogP contribution in [0.5, 0.6) is 0 Å². The maximum Gasteiger partial charge on any atom is 0.331 e. The van der Waals surface area contributed by atoms with Crippen LogP contribution < -0.4 is 17.2 Å². The highest BCUT2D eigenvalue weighted by molar-refractivity contribution is 6.11. The van der Waals surface area contributed by atoms with Crippen LogP contribution >= 0.6 is 0 Å². The van der Waals surface area contributed by atoms with Crippen LogP contribution in [0.3, 0.4) is 0 Å². The Morgan fingerprint density at radius 1 is 0.714 bits per heavy atom. The second-order valence-electron chi connectivity index (χ2n) is 6.27. The van der Waals surface area contributed by atoms with Gasteiger partial charge in [0.15, 0.2) is 22.6 Å². The van der Waals surface area contributed by atoms with E-state index in [9.17, 15) is 28.8 Å². The Bertz CT molecular complexity index is 679. The van der Waals surface area contributed by atoms with E-state index in [1.807, 2.05) is 0 Å². The molecule has 0 saturated heterocycles. The molecular formula is C15H23N3O10. The van der Waals surface area contributed by atoms with E-state index in [-0.39, 0.29) is 0 Å². The molecule has 3 atom stereocenters. The van der Waals surface area contributed by atoms with Gasteiger partial charge in [-0.25, -0.2) is 9.59 Å². The lowest BCUT2D eigenvalue weighted by molar-refractivity contribution is -0.151. The maximum absolute atomic E-state index is 12.3. The Hall–Kier alpha value is -2.90. The molecule has 1 unspecified atom stereocenters. The fourth-order valence-corrected chi connectivity index (χ4v) is 2.28. The summed E-state index contributed by atoms with van der Waals surface area (Å²) in [6.07, 6.45) is -4.04. The Kier molecular flexibility index (Phi) is 8.85. The van der Waals surface area contributed by atoms with E-state index in [0.29, 0.717) is 0 Å². The molecule has 0 aliphatic heterocycles. The summed E-state index contributed by atoms with van der Waals surface area (Å²) in [6.45, 7) is 0. The quantitative estimate of drug-likeness (QED) is 0.148. The van der Waals surface area contributed by atoms with Crippen LogP contribution in [0.15, 0.2) is 0 Å². The zero-order valence-corrected chi connectivity index (χ0v) is 14.8. The number of ketones is 2. The molecule has 28 heavy (non-hydrogen) atoms. The zero-order chi connectivity index (χ0) is 22.3. The predicted molar refractivity (Wildman–Crippen MR) is 90.1 cm³/mol. The van der Waals surface area contributed by atoms with Gasteiger partial charge in [-0.1, -0.05) is 0 Å². The Morgan fingerprint density at radius 2 is 1.11 bits per heavy atom. The van der Waals surface area contributed by atoms with Crippen molar-refractivity contribution >= 4 is 35.4 Å². The minimum absolute atomic E-state index is 0.518. The van der Waals surface area contributed by atoms with Gasteiger partial charge >= 0.3 is 23.9 Å². The van der Waals surface area contributed by atoms with E-state index in [1.54, 1.807) is 0 Å². The first-order valence-corrected chi connectivity index (χ1v) is 7.99. The van der Waals surface area contributed by atoms with Gasteiger partial charge in [0, 0.05) is 19.3 Å². The normalized spacial score (nSPS) is 16.2. The third-order valence-electron chi connectivity index (χ3n) is 4.19. The lowest BCUT2D eigenvalue weighted by atomic mass is 9.82. The largest absolute Gasteiger partial charge is 0.481 e. The fraction of sp³-hybridized carbons (Fsp3) is 0.600. The number of carbonyl (C=O) groups excluding carboxylic acids is 2. The zero-order valence-electron chi connectivity index (χ0n) is 14.8. The van der Waals surface area contributed by atoms with Crippen LogP contribution in [0, 0.1) is 0 Å². The molecule has 0 aromatic heterocycles. The summed E-state index contributed by atoms with van der Waals surface area (Å²) in [5, 5.41) is 35.5. The average molecular weight is 405 g/mol. The molecule has 13 nitrogen and oxygen atoms in total. The van der Waals surface area contributed by atoms with Crippen LogP contribution in [0.2, 0.25) is 0 Å². The molecule has 0 spiro atoms. The first-order chi connectivity index (χ1) is 12.7. The average Bonchev–Trinajstić information content (AvgIpc) is 2.60. The van der Waals surface area contributed by atoms with Gasteiger partial charge < -0.3 is 37.6 Å². The summed E-state index contributed by atoms with van der Waals surface area (Å²) in [7, 11) is 0. The van der Waals surface area contributed by atoms with E-state index in [0.717, 1.165) is 0 Å². The lowest BCUT2D eigenvalue weighted by Gasteiger charge is -2.27. The summed E-state index contributed by atoms with van der Waals surface area (Å²) in [6, 6.07) is -1.61. The molecule has 0 fully saturated rings. The number of carboxylic acid groups (broad SMARTS) is 4. The molecule has 0 amide bonds. The van der Waals surface area contributed by atoms with Gasteiger partial charge in [-0.3, -0.25) is 19.2 Å². The lowest BCUT2D eigenvalue weighted by Crippen LogP contribution is -2.60. The third-order valence-corrected chi connectivity index (χ3v) is 4.19. The van der Waals surface area contributed by atoms with Crippen LogP contribution in [0.1, 0.15) is 38.5 Å². The molecule has 0 aromatic carbocycles. The van der Waals surface area contributed by atoms with Crippen molar-refractivity contribution in [2.24, 2.45) is 17.2 Å². The van der Waals surface area contributed by atoms with E-state index < -0.39 is 91.1 Å². The Labute approximate surface area is 158 Å². The van der Waals surface area contributed by atoms with Crippen LogP contribution in [0.4, 0.5) is 0 Å². The summed E-state index contributed by atoms with van der Waals surface area (Å²) in [5.41, 5.74) is 11.4. The number of hydrogen-bond acceptors (Lipinski definition) is 9. The van der Waals surface area contributed by atoms with Gasteiger partial charge in [0.05, 0.1) is 6.04 Å². The van der Waals surface area contributed by atoms with Crippen molar-refractivity contribution in [3.05, 3.63) is 0 Å². The summed E-state index contributed by atoms with van der Waals surface area (Å²) < 4.78 is 0. The van der Waals surface area contributed by atoms with Crippen LogP contribution in [-0.2, 0) is 28.8 Å². The summed E-state index contributed by atoms with van der Waals surface area (Å²) >= 11 is 0. The van der Waals surface area contributed by atoms with Gasteiger partial charge in [0.25, 0.3) is 0 Å². The number of carbonyl (C=O) groups is 6.